The molecule has 28 heavy (non-hydrogen) atoms. The van der Waals surface area contributed by atoms with Gasteiger partial charge >= 0.3 is 0 Å². The Kier molecular flexibility index (Phi) is 5.08. The lowest BCUT2D eigenvalue weighted by molar-refractivity contribution is 0.0941. The van der Waals surface area contributed by atoms with Crippen LogP contribution in [0.15, 0.2) is 53.2 Å². The topological polar surface area (TPSA) is 83.8 Å². The first-order chi connectivity index (χ1) is 13.6. The largest absolute Gasteiger partial charge is 0.361 e. The third-order valence-electron chi connectivity index (χ3n) is 4.32. The van der Waals surface area contributed by atoms with E-state index in [9.17, 15) is 9.18 Å². The van der Waals surface area contributed by atoms with Crippen molar-refractivity contribution in [3.8, 4) is 0 Å². The summed E-state index contributed by atoms with van der Waals surface area (Å²) in [6.45, 7) is 0.409. The van der Waals surface area contributed by atoms with Crippen LogP contribution in [-0.2, 0) is 12.8 Å². The van der Waals surface area contributed by atoms with Crippen molar-refractivity contribution in [3.05, 3.63) is 82.3 Å². The maximum absolute atomic E-state index is 13.2. The molecule has 0 radical (unpaired) electrons. The maximum atomic E-state index is 13.2. The molecule has 8 heteroatoms. The second-order valence-corrected chi connectivity index (χ2v) is 6.76. The highest BCUT2D eigenvalue weighted by Gasteiger charge is 2.15. The summed E-state index contributed by atoms with van der Waals surface area (Å²) in [6.07, 6.45) is 2.78. The molecule has 142 valence electrons. The van der Waals surface area contributed by atoms with E-state index < -0.39 is 5.91 Å². The number of hydrogen-bond donors (Lipinski definition) is 2. The van der Waals surface area contributed by atoms with Crippen LogP contribution in [0.25, 0.3) is 10.9 Å². The fourth-order valence-electron chi connectivity index (χ4n) is 2.99. The van der Waals surface area contributed by atoms with Gasteiger partial charge in [-0.3, -0.25) is 4.79 Å². The van der Waals surface area contributed by atoms with Crippen molar-refractivity contribution in [2.45, 2.75) is 12.8 Å². The zero-order chi connectivity index (χ0) is 19.5. The Bertz CT molecular complexity index is 1140. The predicted octanol–water partition coefficient (Wildman–Crippen LogP) is 3.91. The zero-order valence-corrected chi connectivity index (χ0v) is 15.5. The molecule has 1 amide bonds. The van der Waals surface area contributed by atoms with Gasteiger partial charge in [0.25, 0.3) is 11.7 Å². The van der Waals surface area contributed by atoms with Crippen LogP contribution in [-0.4, -0.2) is 27.6 Å². The van der Waals surface area contributed by atoms with E-state index in [-0.39, 0.29) is 24.0 Å². The lowest BCUT2D eigenvalue weighted by Gasteiger charge is -2.02. The molecule has 6 nitrogen and oxygen atoms in total. The van der Waals surface area contributed by atoms with Crippen molar-refractivity contribution in [3.63, 3.8) is 0 Å². The van der Waals surface area contributed by atoms with Gasteiger partial charge in [0.05, 0.1) is 6.42 Å². The van der Waals surface area contributed by atoms with Gasteiger partial charge in [-0.1, -0.05) is 28.9 Å². The Balaban J connectivity index is 1.35. The van der Waals surface area contributed by atoms with Crippen LogP contribution >= 0.6 is 11.6 Å². The molecule has 0 saturated heterocycles. The van der Waals surface area contributed by atoms with Crippen LogP contribution in [0.1, 0.15) is 27.6 Å². The molecule has 2 N–H and O–H groups in total. The Morgan fingerprint density at radius 2 is 2.14 bits per heavy atom. The quantitative estimate of drug-likeness (QED) is 0.516. The molecule has 0 fully saturated rings. The van der Waals surface area contributed by atoms with Gasteiger partial charge in [-0.25, -0.2) is 4.39 Å². The fourth-order valence-corrected chi connectivity index (χ4v) is 3.16. The molecule has 2 aromatic heterocycles. The first-order valence-corrected chi connectivity index (χ1v) is 9.07. The van der Waals surface area contributed by atoms with Gasteiger partial charge in [-0.15, -0.1) is 0 Å². The van der Waals surface area contributed by atoms with E-state index in [1.807, 2.05) is 24.4 Å². The molecule has 4 rings (SSSR count). The Morgan fingerprint density at radius 1 is 1.25 bits per heavy atom. The van der Waals surface area contributed by atoms with Gasteiger partial charge in [-0.05, 0) is 47.9 Å². The summed E-state index contributed by atoms with van der Waals surface area (Å²) in [4.78, 5) is 19.5. The van der Waals surface area contributed by atoms with E-state index in [1.54, 1.807) is 12.1 Å². The average Bonchev–Trinajstić information content (AvgIpc) is 3.29. The molecule has 0 aliphatic carbocycles. The van der Waals surface area contributed by atoms with Crippen molar-refractivity contribution in [1.29, 1.82) is 0 Å². The smallest absolute Gasteiger partial charge is 0.292 e. The van der Waals surface area contributed by atoms with Gasteiger partial charge in [0.1, 0.15) is 5.82 Å². The minimum atomic E-state index is -0.424. The SMILES string of the molecule is O=C(NCCc1c[nH]c2ccc(Cl)cc12)c1noc(Cc2cccc(F)c2)n1. The van der Waals surface area contributed by atoms with Gasteiger partial charge in [-0.2, -0.15) is 4.98 Å². The highest BCUT2D eigenvalue weighted by atomic mass is 35.5. The molecule has 2 aromatic carbocycles. The molecular weight excluding hydrogens is 383 g/mol. The molecule has 0 aliphatic rings. The van der Waals surface area contributed by atoms with E-state index >= 15 is 0 Å². The van der Waals surface area contributed by atoms with Crippen LogP contribution in [0, 0.1) is 5.82 Å². The van der Waals surface area contributed by atoms with Gasteiger partial charge in [0.15, 0.2) is 0 Å². The Hall–Kier alpha value is -3.19. The third kappa shape index (κ3) is 4.04. The van der Waals surface area contributed by atoms with Crippen LogP contribution in [0.2, 0.25) is 5.02 Å². The number of fused-ring (bicyclic) bond motifs is 1. The molecular formula is C20H16ClFN4O2. The van der Waals surface area contributed by atoms with Crippen LogP contribution in [0.3, 0.4) is 0 Å². The van der Waals surface area contributed by atoms with Crippen molar-refractivity contribution in [2.75, 3.05) is 6.54 Å². The highest BCUT2D eigenvalue weighted by Crippen LogP contribution is 2.22. The third-order valence-corrected chi connectivity index (χ3v) is 4.56. The van der Waals surface area contributed by atoms with Crippen LogP contribution < -0.4 is 5.32 Å². The number of amides is 1. The molecule has 0 unspecified atom stereocenters. The highest BCUT2D eigenvalue weighted by molar-refractivity contribution is 6.31. The number of aromatic nitrogens is 3. The maximum Gasteiger partial charge on any atom is 0.292 e. The number of aromatic amines is 1. The molecule has 0 saturated carbocycles. The minimum Gasteiger partial charge on any atom is -0.361 e. The second kappa shape index (κ2) is 7.82. The Labute approximate surface area is 164 Å². The zero-order valence-electron chi connectivity index (χ0n) is 14.7. The summed E-state index contributed by atoms with van der Waals surface area (Å²) in [5.74, 6) is -0.559. The standard InChI is InChI=1S/C20H16ClFN4O2/c21-14-4-5-17-16(10-14)13(11-24-17)6-7-23-20(27)19-25-18(28-26-19)9-12-2-1-3-15(22)8-12/h1-5,8,10-11,24H,6-7,9H2,(H,23,27). The number of carbonyl (C=O) groups excluding carboxylic acids is 1. The van der Waals surface area contributed by atoms with Crippen molar-refractivity contribution < 1.29 is 13.7 Å². The summed E-state index contributed by atoms with van der Waals surface area (Å²) in [7, 11) is 0. The average molecular weight is 399 g/mol. The van der Waals surface area contributed by atoms with Gasteiger partial charge in [0, 0.05) is 28.7 Å². The lowest BCUT2D eigenvalue weighted by Crippen LogP contribution is -2.26. The number of nitrogens with one attached hydrogen (secondary N) is 2. The van der Waals surface area contributed by atoms with Crippen LogP contribution in [0.5, 0.6) is 0 Å². The molecule has 0 bridgehead atoms. The van der Waals surface area contributed by atoms with Crippen molar-refractivity contribution in [1.82, 2.24) is 20.4 Å². The molecule has 2 heterocycles. The summed E-state index contributed by atoms with van der Waals surface area (Å²) in [5.41, 5.74) is 2.73. The van der Waals surface area contributed by atoms with E-state index in [1.165, 1.54) is 12.1 Å². The molecule has 4 aromatic rings. The summed E-state index contributed by atoms with van der Waals surface area (Å²) < 4.78 is 18.3. The fraction of sp³-hybridized carbons (Fsp3) is 0.150. The summed E-state index contributed by atoms with van der Waals surface area (Å²) >= 11 is 6.05. The number of benzene rings is 2. The van der Waals surface area contributed by atoms with Crippen molar-refractivity contribution >= 4 is 28.4 Å². The first-order valence-electron chi connectivity index (χ1n) is 8.69. The number of halogens is 2. The van der Waals surface area contributed by atoms with E-state index in [4.69, 9.17) is 16.1 Å². The Morgan fingerprint density at radius 3 is 3.00 bits per heavy atom. The number of rotatable bonds is 6. The number of carbonyl (C=O) groups is 1. The van der Waals surface area contributed by atoms with Gasteiger partial charge < -0.3 is 14.8 Å². The molecule has 0 spiro atoms. The number of hydrogen-bond acceptors (Lipinski definition) is 4. The number of H-pyrrole nitrogens is 1. The second-order valence-electron chi connectivity index (χ2n) is 6.33. The van der Waals surface area contributed by atoms with Gasteiger partial charge in [0.2, 0.25) is 5.89 Å². The molecule has 0 atom stereocenters. The normalized spacial score (nSPS) is 11.1. The van der Waals surface area contributed by atoms with E-state index in [0.29, 0.717) is 23.6 Å². The minimum absolute atomic E-state index is 0.0478. The van der Waals surface area contributed by atoms with E-state index in [0.717, 1.165) is 16.5 Å². The number of nitrogens with zero attached hydrogens (tertiary/aromatic N) is 2. The monoisotopic (exact) mass is 398 g/mol. The van der Waals surface area contributed by atoms with E-state index in [2.05, 4.69) is 20.4 Å². The van der Waals surface area contributed by atoms with Crippen molar-refractivity contribution in [2.24, 2.45) is 0 Å². The lowest BCUT2D eigenvalue weighted by atomic mass is 10.1. The summed E-state index contributed by atoms with van der Waals surface area (Å²) in [5, 5.41) is 8.16. The summed E-state index contributed by atoms with van der Waals surface area (Å²) in [6, 6.07) is 11.7. The van der Waals surface area contributed by atoms with Crippen LogP contribution in [0.4, 0.5) is 4.39 Å². The first kappa shape index (κ1) is 18.2. The molecule has 0 aliphatic heterocycles. The predicted molar refractivity (Wildman–Crippen MR) is 103 cm³/mol.